The number of nitrogens with zero attached hydrogens (tertiary/aromatic N) is 2. The van der Waals surface area contributed by atoms with Crippen molar-refractivity contribution < 1.29 is 23.9 Å². The Morgan fingerprint density at radius 3 is 2.27 bits per heavy atom. The third kappa shape index (κ3) is 5.21. The number of benzene rings is 3. The molecule has 5 rings (SSSR count). The molecule has 3 amide bonds. The number of fused-ring (bicyclic) bond motifs is 1. The lowest BCUT2D eigenvalue weighted by atomic mass is 9.78. The summed E-state index contributed by atoms with van der Waals surface area (Å²) in [5, 5.41) is 3.04. The molecule has 1 aliphatic carbocycles. The van der Waals surface area contributed by atoms with Crippen molar-refractivity contribution in [3.05, 3.63) is 89.5 Å². The van der Waals surface area contributed by atoms with E-state index in [1.807, 2.05) is 31.2 Å². The summed E-state index contributed by atoms with van der Waals surface area (Å²) >= 11 is 0. The summed E-state index contributed by atoms with van der Waals surface area (Å²) in [4.78, 5) is 56.7. The maximum absolute atomic E-state index is 14.2. The van der Waals surface area contributed by atoms with E-state index in [1.54, 1.807) is 60.5 Å². The van der Waals surface area contributed by atoms with Gasteiger partial charge in [0.15, 0.2) is 0 Å². The van der Waals surface area contributed by atoms with Gasteiger partial charge in [-0.15, -0.1) is 0 Å². The van der Waals surface area contributed by atoms with Gasteiger partial charge in [-0.2, -0.15) is 0 Å². The highest BCUT2D eigenvalue weighted by atomic mass is 16.5. The first-order valence-electron chi connectivity index (χ1n) is 13.6. The van der Waals surface area contributed by atoms with E-state index in [0.717, 1.165) is 30.4 Å². The van der Waals surface area contributed by atoms with Gasteiger partial charge in [-0.05, 0) is 61.7 Å². The van der Waals surface area contributed by atoms with Crippen LogP contribution in [0, 0.1) is 6.92 Å². The van der Waals surface area contributed by atoms with E-state index in [2.05, 4.69) is 5.32 Å². The summed E-state index contributed by atoms with van der Waals surface area (Å²) in [7, 11) is 1.58. The van der Waals surface area contributed by atoms with Crippen molar-refractivity contribution in [3.8, 4) is 5.75 Å². The van der Waals surface area contributed by atoms with Gasteiger partial charge in [0.1, 0.15) is 17.8 Å². The van der Waals surface area contributed by atoms with Gasteiger partial charge in [0, 0.05) is 12.2 Å². The summed E-state index contributed by atoms with van der Waals surface area (Å²) < 4.78 is 5.24. The first kappa shape index (κ1) is 27.1. The number of ether oxygens (including phenoxy) is 1. The molecule has 0 unspecified atom stereocenters. The second-order valence-electron chi connectivity index (χ2n) is 10.5. The number of carbonyl (C=O) groups excluding carboxylic acids is 4. The smallest absolute Gasteiger partial charge is 0.299 e. The Balaban J connectivity index is 1.50. The largest absolute Gasteiger partial charge is 0.497 e. The molecule has 206 valence electrons. The molecule has 8 heteroatoms. The van der Waals surface area contributed by atoms with Gasteiger partial charge in [-0.1, -0.05) is 61.2 Å². The zero-order valence-electron chi connectivity index (χ0n) is 22.8. The van der Waals surface area contributed by atoms with Gasteiger partial charge < -0.3 is 15.0 Å². The van der Waals surface area contributed by atoms with E-state index < -0.39 is 17.2 Å². The maximum Gasteiger partial charge on any atom is 0.299 e. The van der Waals surface area contributed by atoms with Gasteiger partial charge in [0.2, 0.25) is 11.8 Å². The molecular formula is C32H33N3O5. The first-order chi connectivity index (χ1) is 19.3. The quantitative estimate of drug-likeness (QED) is 0.411. The summed E-state index contributed by atoms with van der Waals surface area (Å²) in [5.41, 5.74) is 2.16. The Morgan fingerprint density at radius 2 is 1.60 bits per heavy atom. The van der Waals surface area contributed by atoms with Crippen LogP contribution >= 0.6 is 0 Å². The van der Waals surface area contributed by atoms with Crippen molar-refractivity contribution in [1.82, 2.24) is 4.90 Å². The molecule has 0 aromatic heterocycles. The summed E-state index contributed by atoms with van der Waals surface area (Å²) in [6.07, 6.45) is 3.54. The summed E-state index contributed by atoms with van der Waals surface area (Å²) in [6, 6.07) is 21.6. The molecule has 0 saturated heterocycles. The van der Waals surface area contributed by atoms with E-state index in [9.17, 15) is 19.2 Å². The number of nitrogens with one attached hydrogen (secondary N) is 1. The van der Waals surface area contributed by atoms with Crippen molar-refractivity contribution in [3.63, 3.8) is 0 Å². The Morgan fingerprint density at radius 1 is 0.925 bits per heavy atom. The Labute approximate surface area is 233 Å². The van der Waals surface area contributed by atoms with E-state index in [-0.39, 0.29) is 30.5 Å². The number of anilines is 2. The molecule has 1 aliphatic heterocycles. The molecule has 0 spiro atoms. The van der Waals surface area contributed by atoms with Gasteiger partial charge in [0.25, 0.3) is 11.7 Å². The SMILES string of the molecule is COc1ccc(NC(=O)C2(N(Cc3ccc(C)cc3)C(=O)CN3C(=O)C(=O)c4ccccc43)CCCCC2)cc1. The normalized spacial score (nSPS) is 15.9. The highest BCUT2D eigenvalue weighted by molar-refractivity contribution is 6.52. The molecule has 3 aromatic carbocycles. The fourth-order valence-electron chi connectivity index (χ4n) is 5.66. The minimum absolute atomic E-state index is 0.201. The topological polar surface area (TPSA) is 96.0 Å². The third-order valence-electron chi connectivity index (χ3n) is 7.90. The molecule has 8 nitrogen and oxygen atoms in total. The first-order valence-corrected chi connectivity index (χ1v) is 13.6. The molecule has 3 aromatic rings. The molecule has 1 N–H and O–H groups in total. The zero-order chi connectivity index (χ0) is 28.3. The standard InChI is InChI=1S/C32H33N3O5/c1-22-10-12-23(13-11-22)20-35(28(36)21-34-27-9-5-4-8-26(27)29(37)30(34)38)32(18-6-3-7-19-32)31(39)33-24-14-16-25(40-2)17-15-24/h4-5,8-17H,3,6-7,18-21H2,1-2H3,(H,33,39). The fraction of sp³-hybridized carbons (Fsp3) is 0.312. The minimum atomic E-state index is -1.12. The monoisotopic (exact) mass is 539 g/mol. The molecule has 0 bridgehead atoms. The molecule has 1 saturated carbocycles. The number of hydrogen-bond donors (Lipinski definition) is 1. The highest BCUT2D eigenvalue weighted by Crippen LogP contribution is 2.37. The molecule has 0 atom stereocenters. The fourth-order valence-corrected chi connectivity index (χ4v) is 5.66. The lowest BCUT2D eigenvalue weighted by Crippen LogP contribution is -2.61. The van der Waals surface area contributed by atoms with Crippen molar-refractivity contribution >= 4 is 34.9 Å². The zero-order valence-corrected chi connectivity index (χ0v) is 22.8. The van der Waals surface area contributed by atoms with Crippen LogP contribution in [0.3, 0.4) is 0 Å². The molecule has 2 aliphatic rings. The van der Waals surface area contributed by atoms with E-state index >= 15 is 0 Å². The second-order valence-corrected chi connectivity index (χ2v) is 10.5. The predicted octanol–water partition coefficient (Wildman–Crippen LogP) is 4.90. The van der Waals surface area contributed by atoms with Crippen LogP contribution in [0.2, 0.25) is 0 Å². The number of amides is 3. The molecule has 1 fully saturated rings. The van der Waals surface area contributed by atoms with Crippen molar-refractivity contribution in [2.24, 2.45) is 0 Å². The number of methoxy groups -OCH3 is 1. The Bertz CT molecular complexity index is 1430. The van der Waals surface area contributed by atoms with Crippen LogP contribution in [0.4, 0.5) is 11.4 Å². The van der Waals surface area contributed by atoms with Crippen LogP contribution in [0.1, 0.15) is 53.6 Å². The molecular weight excluding hydrogens is 506 g/mol. The van der Waals surface area contributed by atoms with E-state index in [0.29, 0.717) is 30.0 Å². The number of aryl methyl sites for hydroxylation is 1. The van der Waals surface area contributed by atoms with Crippen LogP contribution in [-0.2, 0) is 20.9 Å². The van der Waals surface area contributed by atoms with Crippen molar-refractivity contribution in [2.45, 2.75) is 51.1 Å². The van der Waals surface area contributed by atoms with Gasteiger partial charge in [-0.25, -0.2) is 0 Å². The molecule has 0 radical (unpaired) electrons. The number of Topliss-reactive ketones (excluding diaryl/α,β-unsaturated/α-hetero) is 1. The van der Waals surface area contributed by atoms with Gasteiger partial charge in [-0.3, -0.25) is 24.1 Å². The van der Waals surface area contributed by atoms with E-state index in [1.165, 1.54) is 4.90 Å². The maximum atomic E-state index is 14.2. The predicted molar refractivity (Wildman–Crippen MR) is 152 cm³/mol. The van der Waals surface area contributed by atoms with Crippen LogP contribution in [-0.4, -0.2) is 47.6 Å². The van der Waals surface area contributed by atoms with Crippen LogP contribution in [0.25, 0.3) is 0 Å². The number of rotatable bonds is 8. The van der Waals surface area contributed by atoms with Crippen LogP contribution < -0.4 is 15.0 Å². The summed E-state index contributed by atoms with van der Waals surface area (Å²) in [5.74, 6) is -1.33. The van der Waals surface area contributed by atoms with Crippen LogP contribution in [0.5, 0.6) is 5.75 Å². The Kier molecular flexibility index (Phi) is 7.69. The average molecular weight is 540 g/mol. The number of carbonyl (C=O) groups is 4. The van der Waals surface area contributed by atoms with Gasteiger partial charge >= 0.3 is 0 Å². The van der Waals surface area contributed by atoms with Crippen molar-refractivity contribution in [1.29, 1.82) is 0 Å². The number of hydrogen-bond acceptors (Lipinski definition) is 5. The third-order valence-corrected chi connectivity index (χ3v) is 7.90. The van der Waals surface area contributed by atoms with Crippen molar-refractivity contribution in [2.75, 3.05) is 23.9 Å². The van der Waals surface area contributed by atoms with E-state index in [4.69, 9.17) is 4.74 Å². The molecule has 1 heterocycles. The Hall–Kier alpha value is -4.46. The van der Waals surface area contributed by atoms with Gasteiger partial charge in [0.05, 0.1) is 18.4 Å². The average Bonchev–Trinajstić information content (AvgIpc) is 3.22. The molecule has 40 heavy (non-hydrogen) atoms. The number of ketones is 1. The minimum Gasteiger partial charge on any atom is -0.497 e. The summed E-state index contributed by atoms with van der Waals surface area (Å²) in [6.45, 7) is 1.86. The second kappa shape index (κ2) is 11.3. The highest BCUT2D eigenvalue weighted by Gasteiger charge is 2.48. The van der Waals surface area contributed by atoms with Crippen LogP contribution in [0.15, 0.2) is 72.8 Å². The lowest BCUT2D eigenvalue weighted by molar-refractivity contribution is -0.148. The number of para-hydroxylation sites is 1. The lowest BCUT2D eigenvalue weighted by Gasteiger charge is -2.45.